The van der Waals surface area contributed by atoms with E-state index in [1.165, 1.54) is 30.6 Å². The Kier molecular flexibility index (Phi) is 6.27. The molecule has 4 rings (SSSR count). The Bertz CT molecular complexity index is 1090. The molecule has 1 N–H and O–H groups in total. The topological polar surface area (TPSA) is 71.2 Å². The van der Waals surface area contributed by atoms with Crippen molar-refractivity contribution >= 4 is 5.97 Å². The van der Waals surface area contributed by atoms with E-state index in [4.69, 9.17) is 0 Å². The third-order valence-electron chi connectivity index (χ3n) is 5.81. The number of aromatic carboxylic acids is 1. The van der Waals surface area contributed by atoms with Crippen molar-refractivity contribution in [1.29, 1.82) is 0 Å². The molecule has 168 valence electrons. The Morgan fingerprint density at radius 2 is 1.78 bits per heavy atom. The largest absolute Gasteiger partial charge is 0.478 e. The highest BCUT2D eigenvalue weighted by molar-refractivity contribution is 5.89. The average molecular weight is 444 g/mol. The number of piperidine rings is 1. The van der Waals surface area contributed by atoms with Gasteiger partial charge in [-0.25, -0.2) is 18.0 Å². The van der Waals surface area contributed by atoms with Crippen LogP contribution in [0.1, 0.15) is 34.5 Å². The first-order valence-electron chi connectivity index (χ1n) is 10.4. The summed E-state index contributed by atoms with van der Waals surface area (Å²) >= 11 is 0. The van der Waals surface area contributed by atoms with Crippen molar-refractivity contribution in [1.82, 2.24) is 19.7 Å². The van der Waals surface area contributed by atoms with Gasteiger partial charge in [-0.05, 0) is 29.3 Å². The quantitative estimate of drug-likeness (QED) is 0.594. The van der Waals surface area contributed by atoms with Crippen molar-refractivity contribution in [2.24, 2.45) is 0 Å². The van der Waals surface area contributed by atoms with Gasteiger partial charge in [0.1, 0.15) is 5.82 Å². The molecule has 2 aromatic heterocycles. The zero-order chi connectivity index (χ0) is 22.7. The first-order valence-corrected chi connectivity index (χ1v) is 10.4. The van der Waals surface area contributed by atoms with E-state index in [-0.39, 0.29) is 30.6 Å². The first-order chi connectivity index (χ1) is 15.3. The normalized spacial score (nSPS) is 16.2. The maximum absolute atomic E-state index is 13.4. The first kappa shape index (κ1) is 22.0. The molecule has 1 fully saturated rings. The van der Waals surface area contributed by atoms with Gasteiger partial charge in [-0.15, -0.1) is 0 Å². The molecule has 0 aliphatic carbocycles. The number of aromatic nitrogens is 3. The van der Waals surface area contributed by atoms with E-state index in [1.807, 2.05) is 4.90 Å². The highest BCUT2D eigenvalue weighted by atomic mass is 19.3. The van der Waals surface area contributed by atoms with Gasteiger partial charge < -0.3 is 10.0 Å². The van der Waals surface area contributed by atoms with Crippen molar-refractivity contribution in [2.75, 3.05) is 19.6 Å². The second-order valence-electron chi connectivity index (χ2n) is 7.95. The maximum Gasteiger partial charge on any atom is 0.336 e. The smallest absolute Gasteiger partial charge is 0.336 e. The fourth-order valence-electron chi connectivity index (χ4n) is 3.96. The SMILES string of the molecule is O=C(O)c1ccncc1Cc1c(-c2ccc(F)cc2)cnn1CCN1CCC(F)(F)CC1. The van der Waals surface area contributed by atoms with Crippen LogP contribution in [-0.2, 0) is 13.0 Å². The van der Waals surface area contributed by atoms with Crippen LogP contribution in [-0.4, -0.2) is 56.3 Å². The lowest BCUT2D eigenvalue weighted by molar-refractivity contribution is -0.0555. The summed E-state index contributed by atoms with van der Waals surface area (Å²) < 4.78 is 42.1. The molecule has 32 heavy (non-hydrogen) atoms. The zero-order valence-corrected chi connectivity index (χ0v) is 17.3. The molecule has 3 aromatic rings. The van der Waals surface area contributed by atoms with E-state index >= 15 is 0 Å². The number of hydrogen-bond acceptors (Lipinski definition) is 4. The lowest BCUT2D eigenvalue weighted by atomic mass is 9.99. The molecule has 0 unspecified atom stereocenters. The number of pyridine rings is 1. The van der Waals surface area contributed by atoms with Crippen LogP contribution >= 0.6 is 0 Å². The third-order valence-corrected chi connectivity index (χ3v) is 5.81. The van der Waals surface area contributed by atoms with Crippen LogP contribution < -0.4 is 0 Å². The van der Waals surface area contributed by atoms with Gasteiger partial charge in [0.2, 0.25) is 0 Å². The zero-order valence-electron chi connectivity index (χ0n) is 17.3. The van der Waals surface area contributed by atoms with Gasteiger partial charge >= 0.3 is 5.97 Å². The summed E-state index contributed by atoms with van der Waals surface area (Å²) in [6.07, 6.45) is 4.57. The van der Waals surface area contributed by atoms with Crippen LogP contribution in [0.25, 0.3) is 11.1 Å². The number of alkyl halides is 2. The van der Waals surface area contributed by atoms with Crippen molar-refractivity contribution in [3.8, 4) is 11.1 Å². The standard InChI is InChI=1S/C23H23F3N4O2/c24-18-3-1-16(2-4-18)20-15-28-30(12-11-29-9-6-23(25,26)7-10-29)21(20)13-17-14-27-8-5-19(17)22(31)32/h1-5,8,14-15H,6-7,9-13H2,(H,31,32). The molecule has 0 saturated carbocycles. The molecule has 0 atom stereocenters. The molecule has 1 aliphatic rings. The van der Waals surface area contributed by atoms with Crippen molar-refractivity contribution < 1.29 is 23.1 Å². The number of carboxylic acid groups (broad SMARTS) is 1. The summed E-state index contributed by atoms with van der Waals surface area (Å²) in [5, 5.41) is 14.0. The van der Waals surface area contributed by atoms with Crippen LogP contribution in [0.15, 0.2) is 48.9 Å². The summed E-state index contributed by atoms with van der Waals surface area (Å²) in [4.78, 5) is 17.7. The number of carboxylic acids is 1. The number of halogens is 3. The van der Waals surface area contributed by atoms with E-state index in [0.29, 0.717) is 31.7 Å². The van der Waals surface area contributed by atoms with E-state index in [1.54, 1.807) is 23.0 Å². The predicted molar refractivity (Wildman–Crippen MR) is 112 cm³/mol. The Labute approximate surface area is 183 Å². The highest BCUT2D eigenvalue weighted by Gasteiger charge is 2.33. The van der Waals surface area contributed by atoms with Gasteiger partial charge in [0.05, 0.1) is 24.0 Å². The van der Waals surface area contributed by atoms with Gasteiger partial charge in [-0.2, -0.15) is 5.10 Å². The second-order valence-corrected chi connectivity index (χ2v) is 7.95. The van der Waals surface area contributed by atoms with Crippen LogP contribution in [0.2, 0.25) is 0 Å². The highest BCUT2D eigenvalue weighted by Crippen LogP contribution is 2.29. The summed E-state index contributed by atoms with van der Waals surface area (Å²) in [6, 6.07) is 7.46. The van der Waals surface area contributed by atoms with Crippen molar-refractivity contribution in [2.45, 2.75) is 31.7 Å². The molecule has 0 spiro atoms. The molecule has 1 saturated heterocycles. The van der Waals surface area contributed by atoms with Gasteiger partial charge in [0.15, 0.2) is 0 Å². The predicted octanol–water partition coefficient (Wildman–Crippen LogP) is 4.10. The summed E-state index contributed by atoms with van der Waals surface area (Å²) in [7, 11) is 0. The van der Waals surface area contributed by atoms with E-state index < -0.39 is 11.9 Å². The lowest BCUT2D eigenvalue weighted by Gasteiger charge is -2.31. The fourth-order valence-corrected chi connectivity index (χ4v) is 3.96. The number of hydrogen-bond donors (Lipinski definition) is 1. The number of benzene rings is 1. The van der Waals surface area contributed by atoms with Gasteiger partial charge in [0, 0.05) is 56.9 Å². The Morgan fingerprint density at radius 3 is 2.47 bits per heavy atom. The molecule has 0 radical (unpaired) electrons. The van der Waals surface area contributed by atoms with Crippen LogP contribution in [0.4, 0.5) is 13.2 Å². The molecule has 0 bridgehead atoms. The van der Waals surface area contributed by atoms with Crippen LogP contribution in [0.5, 0.6) is 0 Å². The monoisotopic (exact) mass is 444 g/mol. The lowest BCUT2D eigenvalue weighted by Crippen LogP contribution is -2.40. The molecule has 0 amide bonds. The molecular weight excluding hydrogens is 421 g/mol. The molecule has 3 heterocycles. The fraction of sp³-hybridized carbons (Fsp3) is 0.348. The molecule has 6 nitrogen and oxygen atoms in total. The van der Waals surface area contributed by atoms with Crippen molar-refractivity contribution in [3.05, 3.63) is 71.6 Å². The third kappa shape index (κ3) is 4.99. The second kappa shape index (κ2) is 9.12. The maximum atomic E-state index is 13.4. The summed E-state index contributed by atoms with van der Waals surface area (Å²) in [5.41, 5.74) is 2.95. The van der Waals surface area contributed by atoms with Gasteiger partial charge in [-0.3, -0.25) is 9.67 Å². The number of carbonyl (C=O) groups is 1. The molecular formula is C23H23F3N4O2. The van der Waals surface area contributed by atoms with E-state index in [9.17, 15) is 23.1 Å². The van der Waals surface area contributed by atoms with Crippen LogP contribution in [0, 0.1) is 5.82 Å². The van der Waals surface area contributed by atoms with Gasteiger partial charge in [0.25, 0.3) is 5.92 Å². The average Bonchev–Trinajstić information content (AvgIpc) is 3.16. The molecule has 1 aliphatic heterocycles. The number of likely N-dealkylation sites (tertiary alicyclic amines) is 1. The Hall–Kier alpha value is -3.20. The molecule has 1 aromatic carbocycles. The van der Waals surface area contributed by atoms with E-state index in [0.717, 1.165) is 16.8 Å². The van der Waals surface area contributed by atoms with Crippen LogP contribution in [0.3, 0.4) is 0 Å². The molecule has 9 heteroatoms. The number of rotatable bonds is 7. The summed E-state index contributed by atoms with van der Waals surface area (Å²) in [6.45, 7) is 1.65. The minimum Gasteiger partial charge on any atom is -0.478 e. The minimum atomic E-state index is -2.60. The van der Waals surface area contributed by atoms with Gasteiger partial charge in [-0.1, -0.05) is 12.1 Å². The summed E-state index contributed by atoms with van der Waals surface area (Å²) in [5.74, 6) is -4.01. The van der Waals surface area contributed by atoms with Crippen molar-refractivity contribution in [3.63, 3.8) is 0 Å². The Balaban J connectivity index is 1.62. The minimum absolute atomic E-state index is 0.149. The number of nitrogens with zero attached hydrogens (tertiary/aromatic N) is 4. The van der Waals surface area contributed by atoms with E-state index in [2.05, 4.69) is 10.1 Å². The Morgan fingerprint density at radius 1 is 1.06 bits per heavy atom.